The molecule has 0 radical (unpaired) electrons. The fourth-order valence-corrected chi connectivity index (χ4v) is 4.37. The van der Waals surface area contributed by atoms with E-state index in [0.29, 0.717) is 30.2 Å². The second-order valence-corrected chi connectivity index (χ2v) is 8.80. The Balaban J connectivity index is 1.72. The molecule has 1 fully saturated rings. The number of aryl methyl sites for hydroxylation is 2. The highest BCUT2D eigenvalue weighted by Crippen LogP contribution is 2.25. The first-order valence-electron chi connectivity index (χ1n) is 9.42. The van der Waals surface area contributed by atoms with Crippen molar-refractivity contribution in [3.63, 3.8) is 0 Å². The number of hydrogen-bond acceptors (Lipinski definition) is 8. The maximum Gasteiger partial charge on any atom is 0.406 e. The van der Waals surface area contributed by atoms with Crippen LogP contribution in [0, 0.1) is 24.0 Å². The Bertz CT molecular complexity index is 1100. The summed E-state index contributed by atoms with van der Waals surface area (Å²) in [5.74, 6) is -1.22. The van der Waals surface area contributed by atoms with Crippen molar-refractivity contribution >= 4 is 27.4 Å². The zero-order valence-electron chi connectivity index (χ0n) is 17.0. The molecule has 3 rings (SSSR count). The molecular weight excluding hydrogens is 428 g/mol. The Morgan fingerprint density at radius 2 is 1.97 bits per heavy atom. The van der Waals surface area contributed by atoms with Crippen LogP contribution in [0.4, 0.5) is 11.5 Å². The van der Waals surface area contributed by atoms with E-state index in [9.17, 15) is 23.3 Å². The van der Waals surface area contributed by atoms with E-state index in [2.05, 4.69) is 10.3 Å². The summed E-state index contributed by atoms with van der Waals surface area (Å²) in [6, 6.07) is 7.36. The number of sulfonamides is 1. The maximum atomic E-state index is 12.8. The van der Waals surface area contributed by atoms with Crippen molar-refractivity contribution < 1.29 is 27.6 Å². The third kappa shape index (κ3) is 5.34. The van der Waals surface area contributed by atoms with Gasteiger partial charge in [-0.1, -0.05) is 6.07 Å². The molecule has 11 nitrogen and oxygen atoms in total. The van der Waals surface area contributed by atoms with Crippen molar-refractivity contribution in [1.82, 2.24) is 9.29 Å². The second-order valence-electron chi connectivity index (χ2n) is 6.86. The zero-order valence-corrected chi connectivity index (χ0v) is 17.8. The number of carbonyl (C=O) groups excluding carboxylic acids is 1. The van der Waals surface area contributed by atoms with Crippen LogP contribution in [0.5, 0.6) is 5.75 Å². The van der Waals surface area contributed by atoms with Gasteiger partial charge in [-0.3, -0.25) is 4.79 Å². The van der Waals surface area contributed by atoms with Crippen molar-refractivity contribution in [1.29, 1.82) is 0 Å². The lowest BCUT2D eigenvalue weighted by Gasteiger charge is -2.26. The Labute approximate surface area is 179 Å². The van der Waals surface area contributed by atoms with Gasteiger partial charge in [0.2, 0.25) is 15.8 Å². The van der Waals surface area contributed by atoms with E-state index in [4.69, 9.17) is 9.47 Å². The average Bonchev–Trinajstić information content (AvgIpc) is 2.74. The van der Waals surface area contributed by atoms with Crippen LogP contribution in [0.2, 0.25) is 0 Å². The number of anilines is 1. The van der Waals surface area contributed by atoms with Crippen molar-refractivity contribution in [2.24, 2.45) is 0 Å². The summed E-state index contributed by atoms with van der Waals surface area (Å²) in [4.78, 5) is 26.6. The summed E-state index contributed by atoms with van der Waals surface area (Å²) in [6.45, 7) is 3.98. The number of nitrogens with one attached hydrogen (secondary N) is 1. The van der Waals surface area contributed by atoms with E-state index >= 15 is 0 Å². The van der Waals surface area contributed by atoms with Crippen LogP contribution in [-0.4, -0.2) is 61.4 Å². The number of aromatic nitrogens is 1. The monoisotopic (exact) mass is 450 g/mol. The minimum atomic E-state index is -3.72. The molecule has 0 saturated carbocycles. The molecule has 1 aromatic heterocycles. The maximum absolute atomic E-state index is 12.8. The molecule has 12 heteroatoms. The molecule has 1 aliphatic rings. The highest BCUT2D eigenvalue weighted by molar-refractivity contribution is 7.89. The predicted octanol–water partition coefficient (Wildman–Crippen LogP) is 1.65. The minimum Gasteiger partial charge on any atom is -0.476 e. The third-order valence-electron chi connectivity index (χ3n) is 4.60. The topological polar surface area (TPSA) is 141 Å². The molecule has 2 heterocycles. The predicted molar refractivity (Wildman–Crippen MR) is 111 cm³/mol. The quantitative estimate of drug-likeness (QED) is 0.496. The van der Waals surface area contributed by atoms with Crippen molar-refractivity contribution in [3.8, 4) is 5.75 Å². The largest absolute Gasteiger partial charge is 0.476 e. The van der Waals surface area contributed by atoms with Gasteiger partial charge in [0.25, 0.3) is 5.91 Å². The summed E-state index contributed by atoms with van der Waals surface area (Å²) >= 11 is 0. The SMILES string of the molecule is Cc1ccc(OCC(=O)Nc2cc(S(=O)(=O)N3CCOCC3)ccc2C)c([N+](=O)[O-])n1. The highest BCUT2D eigenvalue weighted by Gasteiger charge is 2.27. The Morgan fingerprint density at radius 1 is 1.26 bits per heavy atom. The van der Waals surface area contributed by atoms with Crippen molar-refractivity contribution in [2.75, 3.05) is 38.2 Å². The summed E-state index contributed by atoms with van der Waals surface area (Å²) in [6.07, 6.45) is 0. The molecule has 0 bridgehead atoms. The number of amides is 1. The number of hydrogen-bond donors (Lipinski definition) is 1. The first-order valence-corrected chi connectivity index (χ1v) is 10.9. The molecule has 1 aliphatic heterocycles. The molecule has 1 amide bonds. The number of carbonyl (C=O) groups is 1. The fraction of sp³-hybridized carbons (Fsp3) is 0.368. The molecule has 1 aromatic carbocycles. The first kappa shape index (κ1) is 22.6. The van der Waals surface area contributed by atoms with Gasteiger partial charge in [-0.2, -0.15) is 4.31 Å². The Morgan fingerprint density at radius 3 is 2.65 bits per heavy atom. The number of rotatable bonds is 7. The van der Waals surface area contributed by atoms with E-state index in [0.717, 1.165) is 0 Å². The van der Waals surface area contributed by atoms with Gasteiger partial charge in [0.05, 0.1) is 18.1 Å². The van der Waals surface area contributed by atoms with Gasteiger partial charge < -0.3 is 24.9 Å². The van der Waals surface area contributed by atoms with Gasteiger partial charge >= 0.3 is 5.82 Å². The van der Waals surface area contributed by atoms with Gasteiger partial charge in [-0.05, 0) is 46.7 Å². The molecule has 0 spiro atoms. The Kier molecular flexibility index (Phi) is 6.83. The van der Waals surface area contributed by atoms with E-state index in [-0.39, 0.29) is 23.7 Å². The lowest BCUT2D eigenvalue weighted by molar-refractivity contribution is -0.390. The number of benzene rings is 1. The smallest absolute Gasteiger partial charge is 0.406 e. The summed E-state index contributed by atoms with van der Waals surface area (Å²) in [7, 11) is -3.72. The minimum absolute atomic E-state index is 0.0505. The number of nitro groups is 1. The molecule has 166 valence electrons. The molecule has 31 heavy (non-hydrogen) atoms. The summed E-state index contributed by atoms with van der Waals surface area (Å²) in [5, 5.41) is 13.7. The molecule has 0 atom stereocenters. The fourth-order valence-electron chi connectivity index (χ4n) is 2.94. The van der Waals surface area contributed by atoms with Crippen LogP contribution >= 0.6 is 0 Å². The van der Waals surface area contributed by atoms with Crippen LogP contribution < -0.4 is 10.1 Å². The van der Waals surface area contributed by atoms with Crippen LogP contribution in [0.3, 0.4) is 0 Å². The molecular formula is C19H22N4O7S. The molecule has 1 N–H and O–H groups in total. The van der Waals surface area contributed by atoms with Crippen LogP contribution in [-0.2, 0) is 19.6 Å². The van der Waals surface area contributed by atoms with E-state index in [1.807, 2.05) is 0 Å². The number of ether oxygens (including phenoxy) is 2. The molecule has 2 aromatic rings. The average molecular weight is 450 g/mol. The van der Waals surface area contributed by atoms with E-state index in [1.54, 1.807) is 19.9 Å². The molecule has 0 unspecified atom stereocenters. The van der Waals surface area contributed by atoms with Crippen molar-refractivity contribution in [3.05, 3.63) is 51.7 Å². The van der Waals surface area contributed by atoms with Gasteiger partial charge in [0, 0.05) is 25.7 Å². The first-order chi connectivity index (χ1) is 14.7. The highest BCUT2D eigenvalue weighted by atomic mass is 32.2. The standard InChI is InChI=1S/C19H22N4O7S/c1-13-3-5-15(31(27,28)22-7-9-29-10-8-22)11-16(13)21-18(24)12-30-17-6-4-14(2)20-19(17)23(25)26/h3-6,11H,7-10,12H2,1-2H3,(H,21,24). The van der Waals surface area contributed by atoms with Crippen LogP contribution in [0.1, 0.15) is 11.3 Å². The van der Waals surface area contributed by atoms with Gasteiger partial charge in [0.1, 0.15) is 5.69 Å². The van der Waals surface area contributed by atoms with Gasteiger partial charge in [0.15, 0.2) is 6.61 Å². The van der Waals surface area contributed by atoms with Crippen LogP contribution in [0.15, 0.2) is 35.2 Å². The molecule has 0 aliphatic carbocycles. The van der Waals surface area contributed by atoms with Gasteiger partial charge in [-0.25, -0.2) is 8.42 Å². The summed E-state index contributed by atoms with van der Waals surface area (Å²) < 4.78 is 37.5. The van der Waals surface area contributed by atoms with E-state index in [1.165, 1.54) is 28.6 Å². The zero-order chi connectivity index (χ0) is 22.6. The van der Waals surface area contributed by atoms with E-state index < -0.39 is 33.3 Å². The lowest BCUT2D eigenvalue weighted by Crippen LogP contribution is -2.40. The number of pyridine rings is 1. The summed E-state index contributed by atoms with van der Waals surface area (Å²) in [5.41, 5.74) is 1.40. The van der Waals surface area contributed by atoms with Gasteiger partial charge in [-0.15, -0.1) is 0 Å². The second kappa shape index (κ2) is 9.37. The van der Waals surface area contributed by atoms with Crippen LogP contribution in [0.25, 0.3) is 0 Å². The number of nitrogens with zero attached hydrogens (tertiary/aromatic N) is 3. The van der Waals surface area contributed by atoms with Crippen molar-refractivity contribution in [2.45, 2.75) is 18.7 Å². The third-order valence-corrected chi connectivity index (χ3v) is 6.50. The normalized spacial score (nSPS) is 14.8. The lowest BCUT2D eigenvalue weighted by atomic mass is 10.2. The molecule has 1 saturated heterocycles. The Hall–Kier alpha value is -3.09. The number of morpholine rings is 1.